The quantitative estimate of drug-likeness (QED) is 0.610. The summed E-state index contributed by atoms with van der Waals surface area (Å²) in [5.74, 6) is 2.07. The third-order valence-corrected chi connectivity index (χ3v) is 4.70. The highest BCUT2D eigenvalue weighted by atomic mass is 35.5. The van der Waals surface area contributed by atoms with Gasteiger partial charge < -0.3 is 14.4 Å². The fourth-order valence-corrected chi connectivity index (χ4v) is 2.95. The molecule has 3 aromatic rings. The summed E-state index contributed by atoms with van der Waals surface area (Å²) in [6, 6.07) is 14.1. The van der Waals surface area contributed by atoms with Gasteiger partial charge in [-0.2, -0.15) is 0 Å². The van der Waals surface area contributed by atoms with Crippen LogP contribution in [-0.4, -0.2) is 16.1 Å². The van der Waals surface area contributed by atoms with Gasteiger partial charge in [-0.3, -0.25) is 14.3 Å². The fraction of sp³-hybridized carbons (Fsp3) is 0.136. The molecule has 148 valence electrons. The van der Waals surface area contributed by atoms with Crippen molar-refractivity contribution in [2.45, 2.75) is 13.5 Å². The molecule has 0 saturated heterocycles. The molecule has 29 heavy (non-hydrogen) atoms. The van der Waals surface area contributed by atoms with Gasteiger partial charge in [-0.1, -0.05) is 11.6 Å². The molecule has 1 unspecified atom stereocenters. The minimum atomic E-state index is -0.183. The molecule has 0 fully saturated rings. The smallest absolute Gasteiger partial charge is 0.258 e. The highest BCUT2D eigenvalue weighted by Crippen LogP contribution is 2.19. The Morgan fingerprint density at radius 3 is 2.59 bits per heavy atom. The number of likely N-dealkylation sites (N-methyl/N-ethyl adjacent to an activating group) is 1. The Morgan fingerprint density at radius 2 is 1.93 bits per heavy atom. The Hall–Kier alpha value is -3.22. The zero-order valence-electron chi connectivity index (χ0n) is 15.8. The lowest BCUT2D eigenvalue weighted by Gasteiger charge is -2.34. The number of rotatable bonds is 7. The summed E-state index contributed by atoms with van der Waals surface area (Å²) < 4.78 is 13.0. The van der Waals surface area contributed by atoms with Crippen molar-refractivity contribution in [1.29, 1.82) is 0 Å². The van der Waals surface area contributed by atoms with Crippen molar-refractivity contribution < 1.29 is 14.4 Å². The van der Waals surface area contributed by atoms with Crippen molar-refractivity contribution in [3.8, 4) is 17.2 Å². The highest BCUT2D eigenvalue weighted by Gasteiger charge is 2.11. The van der Waals surface area contributed by atoms with Crippen LogP contribution < -0.4 is 19.9 Å². The van der Waals surface area contributed by atoms with Crippen molar-refractivity contribution in [1.82, 2.24) is 9.55 Å². The van der Waals surface area contributed by atoms with Gasteiger partial charge in [0.15, 0.2) is 0 Å². The fourth-order valence-electron chi connectivity index (χ4n) is 2.84. The number of aromatic nitrogens is 2. The van der Waals surface area contributed by atoms with Gasteiger partial charge in [0.25, 0.3) is 5.56 Å². The van der Waals surface area contributed by atoms with Crippen LogP contribution in [0.5, 0.6) is 11.5 Å². The van der Waals surface area contributed by atoms with Crippen molar-refractivity contribution in [2.75, 3.05) is 6.54 Å². The lowest BCUT2D eigenvalue weighted by Crippen LogP contribution is -3.08. The number of ether oxygens (including phenoxy) is 2. The molecule has 0 saturated carbocycles. The molecule has 1 atom stereocenters. The van der Waals surface area contributed by atoms with E-state index in [1.807, 2.05) is 37.0 Å². The molecule has 0 aliphatic carbocycles. The predicted octanol–water partition coefficient (Wildman–Crippen LogP) is 2.77. The van der Waals surface area contributed by atoms with Crippen LogP contribution >= 0.6 is 11.6 Å². The summed E-state index contributed by atoms with van der Waals surface area (Å²) in [7, 11) is 0. The van der Waals surface area contributed by atoms with Crippen LogP contribution in [0.4, 0.5) is 0 Å². The summed E-state index contributed by atoms with van der Waals surface area (Å²) in [5.41, 5.74) is 1.30. The number of benzene rings is 1. The number of quaternary nitrogens is 1. The first-order chi connectivity index (χ1) is 14.1. The molecule has 1 N–H and O–H groups in total. The first-order valence-electron chi connectivity index (χ1n) is 9.27. The van der Waals surface area contributed by atoms with Crippen molar-refractivity contribution in [2.24, 2.45) is 0 Å². The summed E-state index contributed by atoms with van der Waals surface area (Å²) >= 11 is 5.82. The third kappa shape index (κ3) is 4.62. The highest BCUT2D eigenvalue weighted by molar-refractivity contribution is 6.30. The molecule has 0 radical (unpaired) electrons. The molecular weight excluding hydrogens is 390 g/mol. The molecule has 1 aliphatic heterocycles. The minimum Gasteiger partial charge on any atom is -0.487 e. The SMILES string of the molecule is CC[NH+]1C=C(Oc2ccc(-n3ccc(OCc4ccc(Cl)cn4)cc3=O)cc2)[CH-]1. The van der Waals surface area contributed by atoms with E-state index in [1.165, 1.54) is 11.0 Å². The Kier molecular flexibility index (Phi) is 5.55. The lowest BCUT2D eigenvalue weighted by atomic mass is 10.2. The molecule has 3 heterocycles. The molecular formula is C22H20ClN3O3. The van der Waals surface area contributed by atoms with E-state index in [2.05, 4.69) is 11.9 Å². The maximum absolute atomic E-state index is 12.5. The average molecular weight is 410 g/mol. The van der Waals surface area contributed by atoms with E-state index >= 15 is 0 Å². The Bertz CT molecular complexity index is 1080. The maximum Gasteiger partial charge on any atom is 0.258 e. The van der Waals surface area contributed by atoms with Crippen molar-refractivity contribution in [3.05, 3.63) is 100 Å². The summed E-state index contributed by atoms with van der Waals surface area (Å²) in [5, 5.41) is 0.569. The van der Waals surface area contributed by atoms with Crippen LogP contribution in [0, 0.1) is 6.54 Å². The van der Waals surface area contributed by atoms with Crippen LogP contribution in [0.1, 0.15) is 12.6 Å². The number of pyridine rings is 2. The second-order valence-electron chi connectivity index (χ2n) is 6.54. The lowest BCUT2D eigenvalue weighted by molar-refractivity contribution is -0.829. The molecule has 4 rings (SSSR count). The van der Waals surface area contributed by atoms with Gasteiger partial charge in [-0.15, -0.1) is 0 Å². The van der Waals surface area contributed by atoms with Gasteiger partial charge in [-0.05, 0) is 62.1 Å². The first-order valence-corrected chi connectivity index (χ1v) is 9.65. The van der Waals surface area contributed by atoms with Gasteiger partial charge in [0.2, 0.25) is 0 Å². The maximum atomic E-state index is 12.5. The van der Waals surface area contributed by atoms with E-state index in [0.717, 1.165) is 29.4 Å². The molecule has 0 bridgehead atoms. The van der Waals surface area contributed by atoms with Crippen LogP contribution in [-0.2, 0) is 6.61 Å². The van der Waals surface area contributed by atoms with Gasteiger partial charge in [0.1, 0.15) is 18.1 Å². The van der Waals surface area contributed by atoms with Crippen LogP contribution in [0.2, 0.25) is 5.02 Å². The summed E-state index contributed by atoms with van der Waals surface area (Å²) in [6.07, 6.45) is 5.27. The van der Waals surface area contributed by atoms with Gasteiger partial charge in [0, 0.05) is 24.1 Å². The molecule has 1 aromatic carbocycles. The number of halogens is 1. The number of nitrogens with zero attached hydrogens (tertiary/aromatic N) is 2. The zero-order valence-corrected chi connectivity index (χ0v) is 16.6. The number of hydrogen-bond acceptors (Lipinski definition) is 4. The van der Waals surface area contributed by atoms with E-state index in [4.69, 9.17) is 21.1 Å². The van der Waals surface area contributed by atoms with E-state index in [0.29, 0.717) is 10.8 Å². The van der Waals surface area contributed by atoms with E-state index in [9.17, 15) is 4.79 Å². The Morgan fingerprint density at radius 1 is 1.14 bits per heavy atom. The van der Waals surface area contributed by atoms with Gasteiger partial charge in [0.05, 0.1) is 23.0 Å². The molecule has 1 aliphatic rings. The molecule has 0 amide bonds. The standard InChI is InChI=1S/C22H20ClN3O3/c1-2-25-13-21(14-25)29-19-7-5-18(6-8-19)26-10-9-20(11-22(26)27)28-15-17-4-3-16(23)12-24-17/h3-14,25H,2,15H2,1H3. The molecule has 7 heteroatoms. The van der Waals surface area contributed by atoms with E-state index in [1.54, 1.807) is 35.2 Å². The second-order valence-corrected chi connectivity index (χ2v) is 6.98. The van der Waals surface area contributed by atoms with Crippen molar-refractivity contribution >= 4 is 11.6 Å². The zero-order chi connectivity index (χ0) is 20.2. The van der Waals surface area contributed by atoms with Gasteiger partial charge >= 0.3 is 0 Å². The second kappa shape index (κ2) is 8.43. The monoisotopic (exact) mass is 409 g/mol. The van der Waals surface area contributed by atoms with Crippen molar-refractivity contribution in [3.63, 3.8) is 0 Å². The summed E-state index contributed by atoms with van der Waals surface area (Å²) in [6.45, 7) is 5.40. The molecule has 6 nitrogen and oxygen atoms in total. The Labute approximate surface area is 173 Å². The largest absolute Gasteiger partial charge is 0.487 e. The van der Waals surface area contributed by atoms with Crippen LogP contribution in [0.25, 0.3) is 5.69 Å². The van der Waals surface area contributed by atoms with Crippen LogP contribution in [0.3, 0.4) is 0 Å². The van der Waals surface area contributed by atoms with Gasteiger partial charge in [-0.25, -0.2) is 0 Å². The minimum absolute atomic E-state index is 0.183. The number of nitrogens with one attached hydrogen (secondary N) is 1. The molecule has 2 aromatic heterocycles. The Balaban J connectivity index is 1.41. The number of hydrogen-bond donors (Lipinski definition) is 1. The predicted molar refractivity (Wildman–Crippen MR) is 110 cm³/mol. The summed E-state index contributed by atoms with van der Waals surface area (Å²) in [4.78, 5) is 17.9. The average Bonchev–Trinajstić information content (AvgIpc) is 2.71. The normalized spacial score (nSPS) is 15.1. The van der Waals surface area contributed by atoms with Crippen LogP contribution in [0.15, 0.2) is 77.7 Å². The first kappa shape index (κ1) is 19.1. The topological polar surface area (TPSA) is 57.8 Å². The molecule has 0 spiro atoms. The van der Waals surface area contributed by atoms with E-state index in [-0.39, 0.29) is 12.2 Å². The van der Waals surface area contributed by atoms with E-state index < -0.39 is 0 Å². The third-order valence-electron chi connectivity index (χ3n) is 4.48.